The van der Waals surface area contributed by atoms with Crippen molar-refractivity contribution in [3.8, 4) is 0 Å². The maximum atomic E-state index is 11.9. The zero-order chi connectivity index (χ0) is 13.4. The number of carbonyl (C=O) groups is 1. The minimum Gasteiger partial charge on any atom is -0.352 e. The van der Waals surface area contributed by atoms with Gasteiger partial charge in [-0.3, -0.25) is 4.79 Å². The Morgan fingerprint density at radius 3 is 2.50 bits per heavy atom. The summed E-state index contributed by atoms with van der Waals surface area (Å²) in [6.07, 6.45) is 4.79. The summed E-state index contributed by atoms with van der Waals surface area (Å²) in [7, 11) is 0. The first kappa shape index (κ1) is 15.2. The molecule has 0 radical (unpaired) electrons. The van der Waals surface area contributed by atoms with Crippen molar-refractivity contribution in [3.63, 3.8) is 0 Å². The van der Waals surface area contributed by atoms with Crippen LogP contribution in [0.2, 0.25) is 0 Å². The van der Waals surface area contributed by atoms with Crippen LogP contribution in [-0.2, 0) is 0 Å². The van der Waals surface area contributed by atoms with Gasteiger partial charge < -0.3 is 5.32 Å². The molecule has 0 saturated heterocycles. The Balaban J connectivity index is 2.42. The molecule has 1 atom stereocenters. The van der Waals surface area contributed by atoms with E-state index in [9.17, 15) is 4.79 Å². The van der Waals surface area contributed by atoms with E-state index in [2.05, 4.69) is 35.1 Å². The fraction of sp³-hybridized carbons (Fsp3) is 0.533. The number of hydrogen-bond acceptors (Lipinski definition) is 1. The quantitative estimate of drug-likeness (QED) is 0.794. The van der Waals surface area contributed by atoms with E-state index in [1.165, 1.54) is 19.3 Å². The van der Waals surface area contributed by atoms with E-state index >= 15 is 0 Å². The summed E-state index contributed by atoms with van der Waals surface area (Å²) in [5.74, 6) is 0.627. The first-order valence-corrected chi connectivity index (χ1v) is 7.50. The largest absolute Gasteiger partial charge is 0.352 e. The third-order valence-corrected chi connectivity index (χ3v) is 3.73. The normalized spacial score (nSPS) is 12.2. The Labute approximate surface area is 118 Å². The molecule has 1 aromatic carbocycles. The molecular weight excluding hydrogens is 290 g/mol. The Bertz CT molecular complexity index is 361. The number of unbranched alkanes of at least 4 members (excludes halogenated alkanes) is 1. The summed E-state index contributed by atoms with van der Waals surface area (Å²) in [6.45, 7) is 5.17. The lowest BCUT2D eigenvalue weighted by atomic mass is 9.99. The van der Waals surface area contributed by atoms with Crippen molar-refractivity contribution in [2.45, 2.75) is 39.5 Å². The number of benzene rings is 1. The zero-order valence-corrected chi connectivity index (χ0v) is 12.8. The smallest absolute Gasteiger partial charge is 0.251 e. The van der Waals surface area contributed by atoms with Crippen LogP contribution in [0.3, 0.4) is 0 Å². The summed E-state index contributed by atoms with van der Waals surface area (Å²) in [4.78, 5) is 11.9. The van der Waals surface area contributed by atoms with Crippen LogP contribution < -0.4 is 5.32 Å². The molecule has 1 amide bonds. The lowest BCUT2D eigenvalue weighted by molar-refractivity contribution is 0.0946. The van der Waals surface area contributed by atoms with E-state index in [-0.39, 0.29) is 5.91 Å². The van der Waals surface area contributed by atoms with Crippen molar-refractivity contribution in [2.75, 3.05) is 6.54 Å². The first-order chi connectivity index (χ1) is 8.67. The van der Waals surface area contributed by atoms with Gasteiger partial charge in [0.2, 0.25) is 0 Å². The van der Waals surface area contributed by atoms with Crippen LogP contribution in [0.15, 0.2) is 28.7 Å². The van der Waals surface area contributed by atoms with Crippen molar-refractivity contribution < 1.29 is 4.79 Å². The molecule has 0 heterocycles. The summed E-state index contributed by atoms with van der Waals surface area (Å²) in [5, 5.41) is 3.02. The predicted molar refractivity (Wildman–Crippen MR) is 79.8 cm³/mol. The molecule has 0 saturated carbocycles. The van der Waals surface area contributed by atoms with Gasteiger partial charge in [-0.1, -0.05) is 49.0 Å². The summed E-state index contributed by atoms with van der Waals surface area (Å²) >= 11 is 3.36. The van der Waals surface area contributed by atoms with Crippen molar-refractivity contribution in [2.24, 2.45) is 5.92 Å². The second-order valence-corrected chi connectivity index (χ2v) is 5.55. The highest BCUT2D eigenvalue weighted by Crippen LogP contribution is 2.13. The molecule has 0 bridgehead atoms. The van der Waals surface area contributed by atoms with Crippen LogP contribution in [-0.4, -0.2) is 12.5 Å². The maximum absolute atomic E-state index is 11.9. The van der Waals surface area contributed by atoms with Crippen LogP contribution in [0.25, 0.3) is 0 Å². The lowest BCUT2D eigenvalue weighted by Gasteiger charge is -2.15. The molecule has 0 aliphatic heterocycles. The second-order valence-electron chi connectivity index (χ2n) is 4.63. The van der Waals surface area contributed by atoms with Gasteiger partial charge >= 0.3 is 0 Å². The van der Waals surface area contributed by atoms with Gasteiger partial charge in [-0.25, -0.2) is 0 Å². The maximum Gasteiger partial charge on any atom is 0.251 e. The number of nitrogens with one attached hydrogen (secondary N) is 1. The Hall–Kier alpha value is -0.830. The number of amides is 1. The van der Waals surface area contributed by atoms with Crippen LogP contribution >= 0.6 is 15.9 Å². The Morgan fingerprint density at radius 1 is 1.28 bits per heavy atom. The molecular formula is C15H22BrNO. The van der Waals surface area contributed by atoms with Gasteiger partial charge in [0.05, 0.1) is 0 Å². The molecule has 1 unspecified atom stereocenters. The molecule has 1 aromatic rings. The highest BCUT2D eigenvalue weighted by Gasteiger charge is 2.09. The van der Waals surface area contributed by atoms with E-state index < -0.39 is 0 Å². The Kier molecular flexibility index (Phi) is 7.02. The lowest BCUT2D eigenvalue weighted by Crippen LogP contribution is -2.29. The molecule has 0 aliphatic carbocycles. The topological polar surface area (TPSA) is 29.1 Å². The van der Waals surface area contributed by atoms with E-state index in [4.69, 9.17) is 0 Å². The Morgan fingerprint density at radius 2 is 1.94 bits per heavy atom. The molecule has 3 heteroatoms. The number of hydrogen-bond donors (Lipinski definition) is 1. The average Bonchev–Trinajstić information content (AvgIpc) is 2.39. The van der Waals surface area contributed by atoms with Crippen molar-refractivity contribution in [1.29, 1.82) is 0 Å². The van der Waals surface area contributed by atoms with Gasteiger partial charge in [0.1, 0.15) is 0 Å². The van der Waals surface area contributed by atoms with Crippen LogP contribution in [0.1, 0.15) is 49.9 Å². The van der Waals surface area contributed by atoms with Gasteiger partial charge in [0.15, 0.2) is 0 Å². The molecule has 1 N–H and O–H groups in total. The highest BCUT2D eigenvalue weighted by atomic mass is 79.9. The highest BCUT2D eigenvalue weighted by molar-refractivity contribution is 9.10. The number of rotatable bonds is 7. The minimum absolute atomic E-state index is 0.0254. The predicted octanol–water partition coefficient (Wildman–Crippen LogP) is 4.40. The SMILES string of the molecule is CCCCC(CC)CNC(=O)c1ccc(Br)cc1. The fourth-order valence-electron chi connectivity index (χ4n) is 1.88. The van der Waals surface area contributed by atoms with Crippen molar-refractivity contribution in [1.82, 2.24) is 5.32 Å². The average molecular weight is 312 g/mol. The molecule has 1 rings (SSSR count). The first-order valence-electron chi connectivity index (χ1n) is 6.71. The van der Waals surface area contributed by atoms with E-state index in [0.717, 1.165) is 23.0 Å². The summed E-state index contributed by atoms with van der Waals surface area (Å²) < 4.78 is 0.994. The van der Waals surface area contributed by atoms with E-state index in [1.807, 2.05) is 24.3 Å². The molecule has 0 spiro atoms. The third kappa shape index (κ3) is 5.21. The van der Waals surface area contributed by atoms with Gasteiger partial charge in [-0.05, 0) is 36.6 Å². The fourth-order valence-corrected chi connectivity index (χ4v) is 2.15. The molecule has 0 fully saturated rings. The van der Waals surface area contributed by atoms with E-state index in [0.29, 0.717) is 5.92 Å². The van der Waals surface area contributed by atoms with Gasteiger partial charge in [-0.15, -0.1) is 0 Å². The summed E-state index contributed by atoms with van der Waals surface area (Å²) in [5.41, 5.74) is 0.726. The third-order valence-electron chi connectivity index (χ3n) is 3.20. The minimum atomic E-state index is 0.0254. The molecule has 0 aliphatic rings. The van der Waals surface area contributed by atoms with Gasteiger partial charge in [0, 0.05) is 16.6 Å². The van der Waals surface area contributed by atoms with Crippen LogP contribution in [0.5, 0.6) is 0 Å². The number of carbonyl (C=O) groups excluding carboxylic acids is 1. The molecule has 0 aromatic heterocycles. The molecule has 100 valence electrons. The standard InChI is InChI=1S/C15H22BrNO/c1-3-5-6-12(4-2)11-17-15(18)13-7-9-14(16)10-8-13/h7-10,12H,3-6,11H2,1-2H3,(H,17,18). The van der Waals surface area contributed by atoms with Gasteiger partial charge in [-0.2, -0.15) is 0 Å². The van der Waals surface area contributed by atoms with Crippen molar-refractivity contribution in [3.05, 3.63) is 34.3 Å². The summed E-state index contributed by atoms with van der Waals surface area (Å²) in [6, 6.07) is 7.46. The molecule has 18 heavy (non-hydrogen) atoms. The number of halogens is 1. The van der Waals surface area contributed by atoms with E-state index in [1.54, 1.807) is 0 Å². The monoisotopic (exact) mass is 311 g/mol. The second kappa shape index (κ2) is 8.30. The van der Waals surface area contributed by atoms with Gasteiger partial charge in [0.25, 0.3) is 5.91 Å². The van der Waals surface area contributed by atoms with Crippen molar-refractivity contribution >= 4 is 21.8 Å². The zero-order valence-electron chi connectivity index (χ0n) is 11.2. The van der Waals surface area contributed by atoms with Crippen LogP contribution in [0.4, 0.5) is 0 Å². The van der Waals surface area contributed by atoms with Crippen LogP contribution in [0, 0.1) is 5.92 Å². The molecule has 2 nitrogen and oxygen atoms in total.